The summed E-state index contributed by atoms with van der Waals surface area (Å²) < 4.78 is 37.1. The van der Waals surface area contributed by atoms with Gasteiger partial charge >= 0.3 is 35.7 Å². The maximum Gasteiger partial charge on any atom is 1.00 e. The standard InChI is InChI=1S/C15H12F3N7O4S2.Na/c16-15(17,18)1-6(26)21-7-11(27)25-8(13(28)29)5(3-30-12(7)25)31-14-22-9(19)4-2-20-24-10(4)23-14;/h2,7,12H,1,3H2,(H,21,26)(H,28,29)(H3,19,20,22,23,24);/q;+1/p-1/t7?,12-;/m1./s1. The van der Waals surface area contributed by atoms with E-state index in [1.54, 1.807) is 0 Å². The van der Waals surface area contributed by atoms with Crippen LogP contribution in [0.5, 0.6) is 0 Å². The molecule has 2 amide bonds. The molecule has 11 nitrogen and oxygen atoms in total. The minimum atomic E-state index is -4.73. The van der Waals surface area contributed by atoms with Crippen LogP contribution in [-0.4, -0.2) is 66.2 Å². The van der Waals surface area contributed by atoms with E-state index in [0.29, 0.717) is 11.0 Å². The van der Waals surface area contributed by atoms with Crippen LogP contribution in [0.4, 0.5) is 19.0 Å². The zero-order chi connectivity index (χ0) is 22.5. The van der Waals surface area contributed by atoms with Crippen LogP contribution in [0.3, 0.4) is 0 Å². The van der Waals surface area contributed by atoms with E-state index in [1.807, 2.05) is 5.32 Å². The quantitative estimate of drug-likeness (QED) is 0.213. The molecule has 4 rings (SSSR count). The fourth-order valence-corrected chi connectivity index (χ4v) is 5.47. The van der Waals surface area contributed by atoms with E-state index < -0.39 is 47.5 Å². The Morgan fingerprint density at radius 2 is 2.12 bits per heavy atom. The van der Waals surface area contributed by atoms with E-state index >= 15 is 0 Å². The van der Waals surface area contributed by atoms with Crippen LogP contribution in [-0.2, 0) is 14.4 Å². The molecule has 4 heterocycles. The predicted octanol–water partition coefficient (Wildman–Crippen LogP) is -3.65. The van der Waals surface area contributed by atoms with E-state index in [4.69, 9.17) is 5.73 Å². The first-order chi connectivity index (χ1) is 14.5. The van der Waals surface area contributed by atoms with Crippen molar-refractivity contribution in [2.24, 2.45) is 0 Å². The van der Waals surface area contributed by atoms with Gasteiger partial charge in [-0.2, -0.15) is 18.3 Å². The molecular weight excluding hydrogens is 486 g/mol. The first kappa shape index (κ1) is 24.6. The smallest absolute Gasteiger partial charge is 0.543 e. The Kier molecular flexibility index (Phi) is 6.99. The zero-order valence-electron chi connectivity index (χ0n) is 16.1. The van der Waals surface area contributed by atoms with Crippen LogP contribution < -0.4 is 45.7 Å². The van der Waals surface area contributed by atoms with Gasteiger partial charge in [-0.15, -0.1) is 11.8 Å². The largest absolute Gasteiger partial charge is 1.00 e. The number of nitrogens with zero attached hydrogens (tertiary/aromatic N) is 4. The number of H-pyrrole nitrogens is 1. The van der Waals surface area contributed by atoms with Gasteiger partial charge in [0.05, 0.1) is 23.2 Å². The van der Waals surface area contributed by atoms with Crippen molar-refractivity contribution >= 4 is 58.2 Å². The minimum Gasteiger partial charge on any atom is -0.543 e. The van der Waals surface area contributed by atoms with E-state index in [-0.39, 0.29) is 51.2 Å². The van der Waals surface area contributed by atoms with Gasteiger partial charge in [0, 0.05) is 10.7 Å². The Labute approximate surface area is 207 Å². The number of aliphatic carboxylic acids is 1. The van der Waals surface area contributed by atoms with Crippen LogP contribution in [0.2, 0.25) is 0 Å². The Hall–Kier alpha value is -2.01. The number of fused-ring (bicyclic) bond motifs is 2. The fraction of sp³-hybridized carbons (Fsp3) is 0.333. The van der Waals surface area contributed by atoms with Gasteiger partial charge in [-0.25, -0.2) is 9.97 Å². The number of β-lactam (4-membered cyclic amide) rings is 1. The molecule has 164 valence electrons. The molecule has 1 fully saturated rings. The molecule has 2 aromatic heterocycles. The van der Waals surface area contributed by atoms with Gasteiger partial charge in [0.2, 0.25) is 5.91 Å². The topological polar surface area (TPSA) is 170 Å². The number of carboxylic acid groups (broad SMARTS) is 1. The van der Waals surface area contributed by atoms with Crippen LogP contribution >= 0.6 is 23.5 Å². The molecule has 2 aliphatic heterocycles. The Morgan fingerprint density at radius 1 is 1.41 bits per heavy atom. The molecule has 0 radical (unpaired) electrons. The summed E-state index contributed by atoms with van der Waals surface area (Å²) >= 11 is 1.93. The maximum absolute atomic E-state index is 12.4. The van der Waals surface area contributed by atoms with Gasteiger partial charge < -0.3 is 21.0 Å². The molecule has 2 aliphatic rings. The van der Waals surface area contributed by atoms with Crippen molar-refractivity contribution < 1.29 is 62.2 Å². The second-order valence-electron chi connectivity index (χ2n) is 6.43. The van der Waals surface area contributed by atoms with Crippen molar-refractivity contribution in [3.05, 3.63) is 16.8 Å². The number of nitrogen functional groups attached to an aromatic ring is 1. The van der Waals surface area contributed by atoms with Crippen molar-refractivity contribution in [3.63, 3.8) is 0 Å². The third-order valence-corrected chi connectivity index (χ3v) is 6.75. The molecular formula is C15H11F3N7NaO4S2. The number of halogens is 3. The molecule has 1 unspecified atom stereocenters. The zero-order valence-corrected chi connectivity index (χ0v) is 19.7. The van der Waals surface area contributed by atoms with Crippen molar-refractivity contribution in [3.8, 4) is 0 Å². The summed E-state index contributed by atoms with van der Waals surface area (Å²) in [5.41, 5.74) is 5.71. The summed E-state index contributed by atoms with van der Waals surface area (Å²) in [5.74, 6) is -3.70. The molecule has 0 spiro atoms. The van der Waals surface area contributed by atoms with Gasteiger partial charge in [0.1, 0.15) is 23.7 Å². The molecule has 0 aromatic carbocycles. The van der Waals surface area contributed by atoms with Crippen molar-refractivity contribution in [2.45, 2.75) is 29.2 Å². The SMILES string of the molecule is Nc1nc(SC2=C(C(=O)[O-])N3C(=O)C(NC(=O)CC(F)(F)F)[C@H]3SC2)nc2[nH]ncc12.[Na+]. The molecule has 2 atom stereocenters. The average molecular weight is 497 g/mol. The first-order valence-corrected chi connectivity index (χ1v) is 10.3. The monoisotopic (exact) mass is 497 g/mol. The molecule has 0 bridgehead atoms. The van der Waals surface area contributed by atoms with Gasteiger partial charge in [0.25, 0.3) is 5.91 Å². The fourth-order valence-electron chi connectivity index (χ4n) is 3.06. The second-order valence-corrected chi connectivity index (χ2v) is 8.60. The number of nitrogens with one attached hydrogen (secondary N) is 2. The number of carbonyl (C=O) groups excluding carboxylic acids is 3. The molecule has 4 N–H and O–H groups in total. The van der Waals surface area contributed by atoms with Crippen LogP contribution in [0, 0.1) is 0 Å². The molecule has 17 heteroatoms. The van der Waals surface area contributed by atoms with E-state index in [2.05, 4.69) is 20.2 Å². The normalized spacial score (nSPS) is 20.5. The summed E-state index contributed by atoms with van der Waals surface area (Å²) in [7, 11) is 0. The van der Waals surface area contributed by atoms with Crippen LogP contribution in [0.1, 0.15) is 6.42 Å². The number of anilines is 1. The molecule has 2 aromatic rings. The number of aromatic amines is 1. The summed E-state index contributed by atoms with van der Waals surface area (Å²) in [6.45, 7) is 0. The number of alkyl halides is 3. The summed E-state index contributed by atoms with van der Waals surface area (Å²) in [5, 5.41) is 19.9. The summed E-state index contributed by atoms with van der Waals surface area (Å²) in [6, 6.07) is -1.27. The minimum absolute atomic E-state index is 0. The van der Waals surface area contributed by atoms with Gasteiger partial charge in [-0.1, -0.05) is 11.8 Å². The van der Waals surface area contributed by atoms with Crippen LogP contribution in [0.15, 0.2) is 22.0 Å². The average Bonchev–Trinajstić information content (AvgIpc) is 3.13. The Balaban J connectivity index is 0.00000289. The Bertz CT molecular complexity index is 1140. The summed E-state index contributed by atoms with van der Waals surface area (Å²) in [4.78, 5) is 45.0. The van der Waals surface area contributed by atoms with Gasteiger partial charge in [0.15, 0.2) is 10.8 Å². The number of carbonyl (C=O) groups is 3. The summed E-state index contributed by atoms with van der Waals surface area (Å²) in [6.07, 6.45) is -5.04. The van der Waals surface area contributed by atoms with Crippen molar-refractivity contribution in [2.75, 3.05) is 11.5 Å². The van der Waals surface area contributed by atoms with Crippen molar-refractivity contribution in [1.82, 2.24) is 30.4 Å². The number of nitrogens with two attached hydrogens (primary N) is 1. The molecule has 0 aliphatic carbocycles. The number of aromatic nitrogens is 4. The van der Waals surface area contributed by atoms with Crippen LogP contribution in [0.25, 0.3) is 11.0 Å². The molecule has 32 heavy (non-hydrogen) atoms. The predicted molar refractivity (Wildman–Crippen MR) is 99.7 cm³/mol. The Morgan fingerprint density at radius 3 is 2.78 bits per heavy atom. The van der Waals surface area contributed by atoms with E-state index in [0.717, 1.165) is 28.4 Å². The molecule has 1 saturated heterocycles. The first-order valence-electron chi connectivity index (χ1n) is 8.45. The number of carboxylic acids is 1. The molecule has 0 saturated carbocycles. The second kappa shape index (κ2) is 9.09. The van der Waals surface area contributed by atoms with E-state index in [1.165, 1.54) is 6.20 Å². The van der Waals surface area contributed by atoms with Gasteiger partial charge in [-0.05, 0) is 0 Å². The number of hydrogen-bond acceptors (Lipinski definition) is 10. The van der Waals surface area contributed by atoms with Crippen molar-refractivity contribution in [1.29, 1.82) is 0 Å². The third kappa shape index (κ3) is 4.68. The van der Waals surface area contributed by atoms with Gasteiger partial charge in [-0.3, -0.25) is 19.6 Å². The number of rotatable bonds is 5. The third-order valence-electron chi connectivity index (χ3n) is 4.34. The van der Waals surface area contributed by atoms with E-state index in [9.17, 15) is 32.7 Å². The number of hydrogen-bond donors (Lipinski definition) is 3. The number of thioether (sulfide) groups is 2. The maximum atomic E-state index is 12.4. The number of amides is 2.